The number of unbranched alkanes of at least 4 members (excludes halogenated alkanes) is 1. The van der Waals surface area contributed by atoms with Gasteiger partial charge < -0.3 is 10.6 Å². The Hall–Kier alpha value is -1.10. The van der Waals surface area contributed by atoms with Crippen LogP contribution in [0.25, 0.3) is 0 Å². The van der Waals surface area contributed by atoms with Crippen LogP contribution in [0.5, 0.6) is 0 Å². The number of thiazole rings is 1. The highest BCUT2D eigenvalue weighted by Gasteiger charge is 2.20. The Kier molecular flexibility index (Phi) is 5.63. The SMILES string of the molecule is CN=C(NCCCCc1nc(C)cs1)NCC1CC1. The van der Waals surface area contributed by atoms with E-state index in [2.05, 4.69) is 32.9 Å². The highest BCUT2D eigenvalue weighted by atomic mass is 32.1. The molecule has 1 fully saturated rings. The molecule has 0 saturated heterocycles. The lowest BCUT2D eigenvalue weighted by Crippen LogP contribution is -2.38. The Labute approximate surface area is 119 Å². The van der Waals surface area contributed by atoms with E-state index in [1.165, 1.54) is 24.3 Å². The van der Waals surface area contributed by atoms with Gasteiger partial charge in [-0.2, -0.15) is 0 Å². The van der Waals surface area contributed by atoms with Crippen molar-refractivity contribution >= 4 is 17.3 Å². The molecule has 19 heavy (non-hydrogen) atoms. The summed E-state index contributed by atoms with van der Waals surface area (Å²) in [5, 5.41) is 10.1. The molecule has 2 N–H and O–H groups in total. The van der Waals surface area contributed by atoms with E-state index in [-0.39, 0.29) is 0 Å². The Morgan fingerprint density at radius 2 is 2.26 bits per heavy atom. The van der Waals surface area contributed by atoms with Gasteiger partial charge in [-0.15, -0.1) is 11.3 Å². The third kappa shape index (κ3) is 5.59. The molecule has 0 unspecified atom stereocenters. The average Bonchev–Trinajstić information content (AvgIpc) is 3.15. The maximum Gasteiger partial charge on any atom is 0.190 e. The molecule has 4 nitrogen and oxygen atoms in total. The molecule has 1 aliphatic rings. The van der Waals surface area contributed by atoms with Gasteiger partial charge in [-0.05, 0) is 44.9 Å². The van der Waals surface area contributed by atoms with Crippen molar-refractivity contribution in [2.75, 3.05) is 20.1 Å². The predicted octanol–water partition coefficient (Wildman–Crippen LogP) is 2.35. The predicted molar refractivity (Wildman–Crippen MR) is 81.9 cm³/mol. The molecule has 1 heterocycles. The number of aliphatic imine (C=N–C) groups is 1. The van der Waals surface area contributed by atoms with E-state index in [0.29, 0.717) is 0 Å². The molecule has 0 spiro atoms. The average molecular weight is 280 g/mol. The lowest BCUT2D eigenvalue weighted by Gasteiger charge is -2.11. The van der Waals surface area contributed by atoms with Gasteiger partial charge in [-0.3, -0.25) is 4.99 Å². The summed E-state index contributed by atoms with van der Waals surface area (Å²) in [5.74, 6) is 1.82. The third-order valence-electron chi connectivity index (χ3n) is 3.26. The van der Waals surface area contributed by atoms with Crippen LogP contribution in [0.4, 0.5) is 0 Å². The maximum atomic E-state index is 4.48. The normalized spacial score (nSPS) is 15.6. The number of rotatable bonds is 7. The van der Waals surface area contributed by atoms with Crippen molar-refractivity contribution in [1.82, 2.24) is 15.6 Å². The van der Waals surface area contributed by atoms with Gasteiger partial charge in [0.15, 0.2) is 5.96 Å². The van der Waals surface area contributed by atoms with Gasteiger partial charge in [-0.25, -0.2) is 4.98 Å². The number of hydrogen-bond acceptors (Lipinski definition) is 3. The fourth-order valence-corrected chi connectivity index (χ4v) is 2.73. The van der Waals surface area contributed by atoms with Crippen molar-refractivity contribution in [1.29, 1.82) is 0 Å². The molecular formula is C14H24N4S. The third-order valence-corrected chi connectivity index (χ3v) is 4.28. The smallest absolute Gasteiger partial charge is 0.190 e. The van der Waals surface area contributed by atoms with Crippen molar-refractivity contribution in [3.63, 3.8) is 0 Å². The minimum absolute atomic E-state index is 0.881. The van der Waals surface area contributed by atoms with Crippen molar-refractivity contribution in [2.45, 2.75) is 39.0 Å². The summed E-state index contributed by atoms with van der Waals surface area (Å²) in [6, 6.07) is 0. The number of aryl methyl sites for hydroxylation is 2. The largest absolute Gasteiger partial charge is 0.356 e. The summed E-state index contributed by atoms with van der Waals surface area (Å²) < 4.78 is 0. The summed E-state index contributed by atoms with van der Waals surface area (Å²) in [4.78, 5) is 8.71. The number of nitrogens with one attached hydrogen (secondary N) is 2. The second kappa shape index (κ2) is 7.48. The molecule has 0 amide bonds. The van der Waals surface area contributed by atoms with Crippen LogP contribution in [0.2, 0.25) is 0 Å². The molecule has 1 aliphatic carbocycles. The van der Waals surface area contributed by atoms with Crippen LogP contribution in [0.3, 0.4) is 0 Å². The minimum Gasteiger partial charge on any atom is -0.356 e. The Bertz CT molecular complexity index is 409. The van der Waals surface area contributed by atoms with Gasteiger partial charge >= 0.3 is 0 Å². The Morgan fingerprint density at radius 1 is 1.42 bits per heavy atom. The molecule has 1 saturated carbocycles. The van der Waals surface area contributed by atoms with Crippen LogP contribution in [-0.2, 0) is 6.42 Å². The molecule has 106 valence electrons. The summed E-state index contributed by atoms with van der Waals surface area (Å²) >= 11 is 1.77. The topological polar surface area (TPSA) is 49.3 Å². The van der Waals surface area contributed by atoms with Gasteiger partial charge in [0.05, 0.1) is 5.01 Å². The van der Waals surface area contributed by atoms with Crippen LogP contribution in [0.1, 0.15) is 36.4 Å². The first-order chi connectivity index (χ1) is 9.28. The molecule has 1 aromatic rings. The van der Waals surface area contributed by atoms with Crippen molar-refractivity contribution in [3.8, 4) is 0 Å². The van der Waals surface area contributed by atoms with Crippen LogP contribution in [0.15, 0.2) is 10.4 Å². The zero-order chi connectivity index (χ0) is 13.5. The molecule has 1 aromatic heterocycles. The van der Waals surface area contributed by atoms with Crippen LogP contribution < -0.4 is 10.6 Å². The summed E-state index contributed by atoms with van der Waals surface area (Å²) in [6.45, 7) is 4.10. The molecular weight excluding hydrogens is 256 g/mol. The van der Waals surface area contributed by atoms with E-state index in [4.69, 9.17) is 0 Å². The van der Waals surface area contributed by atoms with E-state index >= 15 is 0 Å². The first-order valence-electron chi connectivity index (χ1n) is 7.13. The monoisotopic (exact) mass is 280 g/mol. The first-order valence-corrected chi connectivity index (χ1v) is 8.01. The number of aromatic nitrogens is 1. The minimum atomic E-state index is 0.881. The van der Waals surface area contributed by atoms with Crippen LogP contribution in [0, 0.1) is 12.8 Å². The van der Waals surface area contributed by atoms with E-state index in [9.17, 15) is 0 Å². The van der Waals surface area contributed by atoms with Crippen LogP contribution in [-0.4, -0.2) is 31.1 Å². The van der Waals surface area contributed by atoms with Gasteiger partial charge in [0.25, 0.3) is 0 Å². The molecule has 0 atom stereocenters. The summed E-state index contributed by atoms with van der Waals surface area (Å²) in [6.07, 6.45) is 6.17. The highest BCUT2D eigenvalue weighted by molar-refractivity contribution is 7.09. The van der Waals surface area contributed by atoms with E-state index in [0.717, 1.165) is 43.5 Å². The summed E-state index contributed by atoms with van der Waals surface area (Å²) in [7, 11) is 1.83. The van der Waals surface area contributed by atoms with Crippen molar-refractivity contribution in [2.24, 2.45) is 10.9 Å². The lowest BCUT2D eigenvalue weighted by molar-refractivity contribution is 0.682. The zero-order valence-corrected chi connectivity index (χ0v) is 12.7. The first kappa shape index (κ1) is 14.3. The standard InChI is InChI=1S/C14H24N4S/c1-11-10-19-13(18-11)5-3-4-8-16-14(15-2)17-9-12-6-7-12/h10,12H,3-9H2,1-2H3,(H2,15,16,17). The molecule has 0 bridgehead atoms. The Morgan fingerprint density at radius 3 is 2.89 bits per heavy atom. The van der Waals surface area contributed by atoms with Gasteiger partial charge in [0.1, 0.15) is 0 Å². The van der Waals surface area contributed by atoms with E-state index in [1.54, 1.807) is 11.3 Å². The second-order valence-corrected chi connectivity index (χ2v) is 6.11. The molecule has 0 radical (unpaired) electrons. The van der Waals surface area contributed by atoms with E-state index in [1.807, 2.05) is 7.05 Å². The van der Waals surface area contributed by atoms with Crippen LogP contribution >= 0.6 is 11.3 Å². The summed E-state index contributed by atoms with van der Waals surface area (Å²) in [5.41, 5.74) is 1.14. The molecule has 0 aliphatic heterocycles. The lowest BCUT2D eigenvalue weighted by atomic mass is 10.2. The number of nitrogens with zero attached hydrogens (tertiary/aromatic N) is 2. The zero-order valence-electron chi connectivity index (χ0n) is 11.9. The second-order valence-electron chi connectivity index (χ2n) is 5.16. The fraction of sp³-hybridized carbons (Fsp3) is 0.714. The molecule has 2 rings (SSSR count). The van der Waals surface area contributed by atoms with Gasteiger partial charge in [0, 0.05) is 31.2 Å². The van der Waals surface area contributed by atoms with Gasteiger partial charge in [0.2, 0.25) is 0 Å². The van der Waals surface area contributed by atoms with E-state index < -0.39 is 0 Å². The molecule has 5 heteroatoms. The van der Waals surface area contributed by atoms with Crippen molar-refractivity contribution in [3.05, 3.63) is 16.1 Å². The maximum absolute atomic E-state index is 4.48. The van der Waals surface area contributed by atoms with Crippen molar-refractivity contribution < 1.29 is 0 Å². The number of guanidine groups is 1. The fourth-order valence-electron chi connectivity index (χ4n) is 1.91. The number of hydrogen-bond donors (Lipinski definition) is 2. The highest BCUT2D eigenvalue weighted by Crippen LogP contribution is 2.27. The Balaban J connectivity index is 1.52. The van der Waals surface area contributed by atoms with Gasteiger partial charge in [-0.1, -0.05) is 0 Å². The quantitative estimate of drug-likeness (QED) is 0.458. The molecule has 0 aromatic carbocycles.